The third kappa shape index (κ3) is 2.81. The number of carboxylic acids is 1. The van der Waals surface area contributed by atoms with E-state index in [2.05, 4.69) is 15.1 Å². The Balaban J connectivity index is 1.98. The minimum Gasteiger partial charge on any atom is -0.478 e. The Hall–Kier alpha value is -3.29. The number of hydrogen-bond acceptors (Lipinski definition) is 5. The molecule has 7 nitrogen and oxygen atoms in total. The molecule has 0 bridgehead atoms. The summed E-state index contributed by atoms with van der Waals surface area (Å²) in [6, 6.07) is 5.49. The number of nitrogens with two attached hydrogens (primary N) is 1. The molecule has 0 unspecified atom stereocenters. The summed E-state index contributed by atoms with van der Waals surface area (Å²) in [7, 11) is 0. The highest BCUT2D eigenvalue weighted by molar-refractivity contribution is 5.89. The van der Waals surface area contributed by atoms with Gasteiger partial charge < -0.3 is 10.8 Å². The molecule has 1 aromatic carbocycles. The lowest BCUT2D eigenvalue weighted by Gasteiger charge is -2.07. The number of anilines is 1. The Bertz CT molecular complexity index is 923. The van der Waals surface area contributed by atoms with Crippen LogP contribution in [0, 0.1) is 5.82 Å². The number of aromatic carboxylic acids is 1. The molecule has 0 amide bonds. The predicted molar refractivity (Wildman–Crippen MR) is 85.7 cm³/mol. The van der Waals surface area contributed by atoms with Crippen molar-refractivity contribution >= 4 is 11.8 Å². The van der Waals surface area contributed by atoms with E-state index in [9.17, 15) is 9.18 Å². The van der Waals surface area contributed by atoms with E-state index in [1.54, 1.807) is 10.7 Å². The first-order valence-corrected chi connectivity index (χ1v) is 7.19. The maximum absolute atomic E-state index is 13.8. The third-order valence-electron chi connectivity index (χ3n) is 3.50. The normalized spacial score (nSPS) is 10.8. The minimum absolute atomic E-state index is 0.112. The lowest BCUT2D eigenvalue weighted by atomic mass is 10.1. The summed E-state index contributed by atoms with van der Waals surface area (Å²) < 4.78 is 15.6. The predicted octanol–water partition coefficient (Wildman–Crippen LogP) is 2.45. The Kier molecular flexibility index (Phi) is 3.95. The summed E-state index contributed by atoms with van der Waals surface area (Å²) in [6.45, 7) is 2.70. The van der Waals surface area contributed by atoms with Gasteiger partial charge in [0.1, 0.15) is 22.9 Å². The fourth-order valence-electron chi connectivity index (χ4n) is 2.26. The molecule has 0 atom stereocenters. The van der Waals surface area contributed by atoms with Crippen molar-refractivity contribution in [1.29, 1.82) is 0 Å². The van der Waals surface area contributed by atoms with E-state index in [4.69, 9.17) is 10.8 Å². The van der Waals surface area contributed by atoms with Crippen LogP contribution < -0.4 is 5.73 Å². The van der Waals surface area contributed by atoms with Gasteiger partial charge in [0.2, 0.25) is 0 Å². The molecule has 0 aliphatic carbocycles. The summed E-state index contributed by atoms with van der Waals surface area (Å²) >= 11 is 0. The highest BCUT2D eigenvalue weighted by Gasteiger charge is 2.15. The van der Waals surface area contributed by atoms with Crippen LogP contribution in [0.25, 0.3) is 22.6 Å². The van der Waals surface area contributed by atoms with Gasteiger partial charge in [0.25, 0.3) is 0 Å². The topological polar surface area (TPSA) is 107 Å². The second-order valence-electron chi connectivity index (χ2n) is 5.05. The molecule has 3 N–H and O–H groups in total. The molecule has 0 radical (unpaired) electrons. The second kappa shape index (κ2) is 6.07. The largest absolute Gasteiger partial charge is 0.478 e. The average Bonchev–Trinajstić information content (AvgIpc) is 3.03. The van der Waals surface area contributed by atoms with Gasteiger partial charge in [-0.3, -0.25) is 9.67 Å². The second-order valence-corrected chi connectivity index (χ2v) is 5.05. The Labute approximate surface area is 136 Å². The van der Waals surface area contributed by atoms with E-state index >= 15 is 0 Å². The fraction of sp³-hybridized carbons (Fsp3) is 0.125. The molecule has 0 fully saturated rings. The number of aromatic nitrogens is 4. The van der Waals surface area contributed by atoms with Gasteiger partial charge in [0, 0.05) is 18.3 Å². The van der Waals surface area contributed by atoms with Gasteiger partial charge in [-0.25, -0.2) is 14.2 Å². The minimum atomic E-state index is -1.33. The molecule has 3 rings (SSSR count). The maximum atomic E-state index is 13.8. The Morgan fingerprint density at radius 3 is 2.71 bits per heavy atom. The standard InChI is InChI=1S/C16H14FN5O2/c1-2-22-6-5-12(21-22)13-8-19-14(15(18)20-13)9-3-4-10(16(23)24)11(17)7-9/h3-8H,2H2,1H3,(H2,18,20)(H,23,24). The summed E-state index contributed by atoms with van der Waals surface area (Å²) in [4.78, 5) is 19.3. The van der Waals surface area contributed by atoms with Gasteiger partial charge in [-0.2, -0.15) is 5.10 Å². The van der Waals surface area contributed by atoms with E-state index in [0.29, 0.717) is 17.0 Å². The van der Waals surface area contributed by atoms with Crippen LogP contribution in [-0.4, -0.2) is 30.8 Å². The molecule has 0 aliphatic rings. The number of nitrogens with zero attached hydrogens (tertiary/aromatic N) is 4. The van der Waals surface area contributed by atoms with Crippen LogP contribution in [-0.2, 0) is 6.54 Å². The first-order chi connectivity index (χ1) is 11.5. The quantitative estimate of drug-likeness (QED) is 0.762. The maximum Gasteiger partial charge on any atom is 0.338 e. The van der Waals surface area contributed by atoms with E-state index in [1.165, 1.54) is 18.3 Å². The molecule has 8 heteroatoms. The zero-order chi connectivity index (χ0) is 17.3. The van der Waals surface area contributed by atoms with Crippen LogP contribution in [0.5, 0.6) is 0 Å². The lowest BCUT2D eigenvalue weighted by Crippen LogP contribution is -2.03. The van der Waals surface area contributed by atoms with Crippen molar-refractivity contribution in [1.82, 2.24) is 19.7 Å². The van der Waals surface area contributed by atoms with Gasteiger partial charge in [0.05, 0.1) is 11.8 Å². The molecule has 0 spiro atoms. The first kappa shape index (κ1) is 15.6. The van der Waals surface area contributed by atoms with Crippen molar-refractivity contribution in [2.75, 3.05) is 5.73 Å². The number of hydrogen-bond donors (Lipinski definition) is 2. The Morgan fingerprint density at radius 2 is 2.12 bits per heavy atom. The van der Waals surface area contributed by atoms with Crippen LogP contribution in [0.4, 0.5) is 10.2 Å². The fourth-order valence-corrected chi connectivity index (χ4v) is 2.26. The molecule has 24 heavy (non-hydrogen) atoms. The molecule has 0 aliphatic heterocycles. The number of rotatable bonds is 4. The van der Waals surface area contributed by atoms with Crippen LogP contribution in [0.2, 0.25) is 0 Å². The molecule has 122 valence electrons. The monoisotopic (exact) mass is 327 g/mol. The molecule has 2 heterocycles. The summed E-state index contributed by atoms with van der Waals surface area (Å²) in [5.74, 6) is -2.08. The highest BCUT2D eigenvalue weighted by atomic mass is 19.1. The summed E-state index contributed by atoms with van der Waals surface area (Å²) in [6.07, 6.45) is 3.32. The van der Waals surface area contributed by atoms with Crippen molar-refractivity contribution in [2.24, 2.45) is 0 Å². The molecule has 0 saturated carbocycles. The number of nitrogen functional groups attached to an aromatic ring is 1. The van der Waals surface area contributed by atoms with E-state index in [1.807, 2.05) is 13.1 Å². The van der Waals surface area contributed by atoms with E-state index in [0.717, 1.165) is 12.6 Å². The molecular formula is C16H14FN5O2. The van der Waals surface area contributed by atoms with E-state index in [-0.39, 0.29) is 11.5 Å². The van der Waals surface area contributed by atoms with Crippen molar-refractivity contribution < 1.29 is 14.3 Å². The average molecular weight is 327 g/mol. The SMILES string of the molecule is CCn1ccc(-c2cnc(-c3ccc(C(=O)O)c(F)c3)c(N)n2)n1. The van der Waals surface area contributed by atoms with Crippen molar-refractivity contribution in [3.8, 4) is 22.6 Å². The van der Waals surface area contributed by atoms with Gasteiger partial charge in [-0.1, -0.05) is 6.07 Å². The van der Waals surface area contributed by atoms with E-state index < -0.39 is 17.3 Å². The van der Waals surface area contributed by atoms with Crippen LogP contribution in [0.3, 0.4) is 0 Å². The summed E-state index contributed by atoms with van der Waals surface area (Å²) in [5.41, 5.74) is 7.30. The van der Waals surface area contributed by atoms with Crippen LogP contribution in [0.15, 0.2) is 36.7 Å². The number of aryl methyl sites for hydroxylation is 1. The Morgan fingerprint density at radius 1 is 1.33 bits per heavy atom. The zero-order valence-corrected chi connectivity index (χ0v) is 12.8. The van der Waals surface area contributed by atoms with Gasteiger partial charge >= 0.3 is 5.97 Å². The number of benzene rings is 1. The molecule has 3 aromatic rings. The van der Waals surface area contributed by atoms with Crippen molar-refractivity contribution in [3.63, 3.8) is 0 Å². The molecule has 2 aromatic heterocycles. The smallest absolute Gasteiger partial charge is 0.338 e. The molecular weight excluding hydrogens is 313 g/mol. The number of carboxylic acid groups (broad SMARTS) is 1. The van der Waals surface area contributed by atoms with Crippen molar-refractivity contribution in [3.05, 3.63) is 48.0 Å². The summed E-state index contributed by atoms with van der Waals surface area (Å²) in [5, 5.41) is 13.2. The third-order valence-corrected chi connectivity index (χ3v) is 3.50. The number of halogens is 1. The van der Waals surface area contributed by atoms with Crippen LogP contribution >= 0.6 is 0 Å². The lowest BCUT2D eigenvalue weighted by molar-refractivity contribution is 0.0692. The van der Waals surface area contributed by atoms with Gasteiger partial charge in [-0.15, -0.1) is 0 Å². The first-order valence-electron chi connectivity index (χ1n) is 7.19. The van der Waals surface area contributed by atoms with Gasteiger partial charge in [0.15, 0.2) is 5.82 Å². The van der Waals surface area contributed by atoms with Crippen LogP contribution in [0.1, 0.15) is 17.3 Å². The number of carbonyl (C=O) groups is 1. The molecule has 0 saturated heterocycles. The highest BCUT2D eigenvalue weighted by Crippen LogP contribution is 2.26. The van der Waals surface area contributed by atoms with Gasteiger partial charge in [-0.05, 0) is 25.1 Å². The van der Waals surface area contributed by atoms with Crippen molar-refractivity contribution in [2.45, 2.75) is 13.5 Å². The zero-order valence-electron chi connectivity index (χ0n) is 12.8.